The molecule has 144 valence electrons. The van der Waals surface area contributed by atoms with Crippen molar-refractivity contribution in [3.63, 3.8) is 0 Å². The van der Waals surface area contributed by atoms with Crippen LogP contribution in [0.3, 0.4) is 0 Å². The van der Waals surface area contributed by atoms with Crippen LogP contribution >= 0.6 is 12.4 Å². The summed E-state index contributed by atoms with van der Waals surface area (Å²) in [5.41, 5.74) is 5.30. The van der Waals surface area contributed by atoms with Crippen LogP contribution in [0.1, 0.15) is 19.8 Å². The molecule has 0 radical (unpaired) electrons. The molecule has 1 unspecified atom stereocenters. The molecule has 0 aliphatic carbocycles. The quantitative estimate of drug-likeness (QED) is 0.698. The second-order valence-electron chi connectivity index (χ2n) is 5.82. The molecule has 0 spiro atoms. The molecule has 7 nitrogen and oxygen atoms in total. The van der Waals surface area contributed by atoms with Crippen molar-refractivity contribution in [3.8, 4) is 0 Å². The van der Waals surface area contributed by atoms with Crippen LogP contribution in [0.4, 0.5) is 10.1 Å². The van der Waals surface area contributed by atoms with E-state index in [1.54, 1.807) is 6.92 Å². The number of rotatable bonds is 7. The van der Waals surface area contributed by atoms with Gasteiger partial charge in [-0.3, -0.25) is 4.72 Å². The SMILES string of the molecule is CCCS(=O)(=O)Nc1ccc(S(=O)(=O)N2CCC(CN)C2)cc1F.Cl. The highest BCUT2D eigenvalue weighted by Gasteiger charge is 2.32. The molecule has 0 saturated carbocycles. The number of nitrogens with one attached hydrogen (secondary N) is 1. The van der Waals surface area contributed by atoms with Crippen molar-refractivity contribution in [2.75, 3.05) is 30.1 Å². The van der Waals surface area contributed by atoms with Crippen LogP contribution in [0.2, 0.25) is 0 Å². The van der Waals surface area contributed by atoms with E-state index < -0.39 is 25.9 Å². The number of sulfonamides is 2. The van der Waals surface area contributed by atoms with Gasteiger partial charge in [-0.05, 0) is 43.5 Å². The lowest BCUT2D eigenvalue weighted by Crippen LogP contribution is -2.30. The Morgan fingerprint density at radius 1 is 1.32 bits per heavy atom. The fourth-order valence-electron chi connectivity index (χ4n) is 2.58. The summed E-state index contributed by atoms with van der Waals surface area (Å²) in [6.07, 6.45) is 1.06. The Morgan fingerprint density at radius 3 is 2.52 bits per heavy atom. The van der Waals surface area contributed by atoms with Gasteiger partial charge >= 0.3 is 0 Å². The topological polar surface area (TPSA) is 110 Å². The minimum absolute atomic E-state index is 0. The molecule has 11 heteroatoms. The Balaban J connectivity index is 0.00000312. The van der Waals surface area contributed by atoms with Crippen molar-refractivity contribution in [1.82, 2.24) is 4.31 Å². The van der Waals surface area contributed by atoms with E-state index in [0.717, 1.165) is 12.1 Å². The molecule has 1 atom stereocenters. The third kappa shape index (κ3) is 5.27. The number of nitrogens with two attached hydrogens (primary N) is 1. The van der Waals surface area contributed by atoms with Gasteiger partial charge in [-0.1, -0.05) is 6.92 Å². The first-order valence-corrected chi connectivity index (χ1v) is 10.8. The summed E-state index contributed by atoms with van der Waals surface area (Å²) in [6, 6.07) is 3.18. The van der Waals surface area contributed by atoms with E-state index in [0.29, 0.717) is 32.5 Å². The molecule has 1 aromatic rings. The van der Waals surface area contributed by atoms with Gasteiger partial charge in [0.15, 0.2) is 0 Å². The number of hydrogen-bond donors (Lipinski definition) is 2. The number of hydrogen-bond acceptors (Lipinski definition) is 5. The largest absolute Gasteiger partial charge is 0.330 e. The van der Waals surface area contributed by atoms with E-state index in [4.69, 9.17) is 5.73 Å². The van der Waals surface area contributed by atoms with Gasteiger partial charge in [-0.2, -0.15) is 4.31 Å². The molecule has 1 aliphatic heterocycles. The zero-order valence-electron chi connectivity index (χ0n) is 13.8. The van der Waals surface area contributed by atoms with Crippen LogP contribution in [0, 0.1) is 11.7 Å². The number of anilines is 1. The lowest BCUT2D eigenvalue weighted by molar-refractivity contribution is 0.458. The molecule has 1 aromatic carbocycles. The third-order valence-electron chi connectivity index (χ3n) is 3.90. The number of benzene rings is 1. The van der Waals surface area contributed by atoms with Gasteiger partial charge in [-0.15, -0.1) is 12.4 Å². The zero-order valence-corrected chi connectivity index (χ0v) is 16.3. The molecular formula is C14H23ClFN3O4S2. The van der Waals surface area contributed by atoms with Gasteiger partial charge in [0.25, 0.3) is 0 Å². The van der Waals surface area contributed by atoms with Gasteiger partial charge in [0.1, 0.15) is 5.82 Å². The van der Waals surface area contributed by atoms with E-state index in [9.17, 15) is 21.2 Å². The average molecular weight is 416 g/mol. The molecule has 1 aliphatic rings. The summed E-state index contributed by atoms with van der Waals surface area (Å²) in [5, 5.41) is 0. The first kappa shape index (κ1) is 22.1. The van der Waals surface area contributed by atoms with Crippen molar-refractivity contribution in [1.29, 1.82) is 0 Å². The highest BCUT2D eigenvalue weighted by molar-refractivity contribution is 7.92. The minimum Gasteiger partial charge on any atom is -0.330 e. The molecule has 0 bridgehead atoms. The molecule has 25 heavy (non-hydrogen) atoms. The summed E-state index contributed by atoms with van der Waals surface area (Å²) >= 11 is 0. The average Bonchev–Trinajstić information content (AvgIpc) is 2.98. The first-order chi connectivity index (χ1) is 11.2. The molecule has 1 saturated heterocycles. The number of halogens is 2. The van der Waals surface area contributed by atoms with Crippen LogP contribution in [0.5, 0.6) is 0 Å². The van der Waals surface area contributed by atoms with Gasteiger partial charge in [0.05, 0.1) is 16.3 Å². The number of nitrogens with zero attached hydrogens (tertiary/aromatic N) is 1. The maximum atomic E-state index is 14.2. The minimum atomic E-state index is -3.81. The molecule has 2 rings (SSSR count). The van der Waals surface area contributed by atoms with Crippen LogP contribution in [-0.2, 0) is 20.0 Å². The smallest absolute Gasteiger partial charge is 0.243 e. The molecule has 3 N–H and O–H groups in total. The monoisotopic (exact) mass is 415 g/mol. The second-order valence-corrected chi connectivity index (χ2v) is 9.60. The summed E-state index contributed by atoms with van der Waals surface area (Å²) in [5.74, 6) is -0.962. The van der Waals surface area contributed by atoms with E-state index in [2.05, 4.69) is 4.72 Å². The van der Waals surface area contributed by atoms with Crippen LogP contribution in [-0.4, -0.2) is 46.5 Å². The summed E-state index contributed by atoms with van der Waals surface area (Å²) in [4.78, 5) is -0.198. The standard InChI is InChI=1S/C14H22FN3O4S2.ClH/c1-2-7-23(19,20)17-14-4-3-12(8-13(14)15)24(21,22)18-6-5-11(9-16)10-18;/h3-4,8,11,17H,2,5-7,9-10,16H2,1H3;1H. The van der Waals surface area contributed by atoms with Crippen molar-refractivity contribution in [3.05, 3.63) is 24.0 Å². The van der Waals surface area contributed by atoms with E-state index >= 15 is 0 Å². The van der Waals surface area contributed by atoms with Crippen LogP contribution in [0.15, 0.2) is 23.1 Å². The zero-order chi connectivity index (χ0) is 18.0. The summed E-state index contributed by atoms with van der Waals surface area (Å²) in [7, 11) is -7.46. The van der Waals surface area contributed by atoms with E-state index in [-0.39, 0.29) is 34.7 Å². The third-order valence-corrected chi connectivity index (χ3v) is 7.24. The Kier molecular flexibility index (Phi) is 7.63. The highest BCUT2D eigenvalue weighted by atomic mass is 35.5. The van der Waals surface area contributed by atoms with Crippen molar-refractivity contribution < 1.29 is 21.2 Å². The fourth-order valence-corrected chi connectivity index (χ4v) is 5.27. The second kappa shape index (κ2) is 8.63. The lowest BCUT2D eigenvalue weighted by atomic mass is 10.1. The van der Waals surface area contributed by atoms with Crippen molar-refractivity contribution >= 4 is 38.1 Å². The summed E-state index contributed by atoms with van der Waals surface area (Å²) < 4.78 is 66.0. The maximum absolute atomic E-state index is 14.2. The van der Waals surface area contributed by atoms with Crippen molar-refractivity contribution in [2.45, 2.75) is 24.7 Å². The predicted octanol–water partition coefficient (Wildman–Crippen LogP) is 1.37. The van der Waals surface area contributed by atoms with Crippen LogP contribution in [0.25, 0.3) is 0 Å². The fraction of sp³-hybridized carbons (Fsp3) is 0.571. The molecule has 1 fully saturated rings. The lowest BCUT2D eigenvalue weighted by Gasteiger charge is -2.17. The summed E-state index contributed by atoms with van der Waals surface area (Å²) in [6.45, 7) is 2.75. The van der Waals surface area contributed by atoms with Crippen LogP contribution < -0.4 is 10.5 Å². The van der Waals surface area contributed by atoms with Crippen molar-refractivity contribution in [2.24, 2.45) is 11.7 Å². The highest BCUT2D eigenvalue weighted by Crippen LogP contribution is 2.26. The van der Waals surface area contributed by atoms with Gasteiger partial charge in [-0.25, -0.2) is 21.2 Å². The molecule has 0 amide bonds. The van der Waals surface area contributed by atoms with Gasteiger partial charge < -0.3 is 5.73 Å². The Labute approximate surface area is 154 Å². The Morgan fingerprint density at radius 2 is 2.00 bits per heavy atom. The van der Waals surface area contributed by atoms with E-state index in [1.807, 2.05) is 0 Å². The maximum Gasteiger partial charge on any atom is 0.243 e. The predicted molar refractivity (Wildman–Crippen MR) is 97.3 cm³/mol. The molecule has 0 aromatic heterocycles. The first-order valence-electron chi connectivity index (χ1n) is 7.70. The Bertz CT molecular complexity index is 802. The molecular weight excluding hydrogens is 393 g/mol. The van der Waals surface area contributed by atoms with Gasteiger partial charge in [0.2, 0.25) is 20.0 Å². The molecule has 1 heterocycles. The Hall–Kier alpha value is -0.940. The van der Waals surface area contributed by atoms with Gasteiger partial charge in [0, 0.05) is 13.1 Å². The normalized spacial score (nSPS) is 18.8. The van der Waals surface area contributed by atoms with E-state index in [1.165, 1.54) is 10.4 Å².